The van der Waals surface area contributed by atoms with Crippen LogP contribution in [0.15, 0.2) is 42.6 Å². The predicted molar refractivity (Wildman–Crippen MR) is 84.0 cm³/mol. The van der Waals surface area contributed by atoms with Crippen molar-refractivity contribution in [3.63, 3.8) is 0 Å². The first kappa shape index (κ1) is 17.5. The van der Waals surface area contributed by atoms with E-state index in [4.69, 9.17) is 0 Å². The lowest BCUT2D eigenvalue weighted by molar-refractivity contribution is 0.0356. The molecule has 0 aliphatic heterocycles. The van der Waals surface area contributed by atoms with E-state index in [1.165, 1.54) is 24.3 Å². The highest BCUT2D eigenvalue weighted by molar-refractivity contribution is 5.99. The summed E-state index contributed by atoms with van der Waals surface area (Å²) in [5.41, 5.74) is 1.40. The SMILES string of the molecule is CC(C)(C)N(NC(=O)c1ccccc1F)C(=O)c1ccnc(F)c1. The van der Waals surface area contributed by atoms with Crippen LogP contribution in [-0.2, 0) is 0 Å². The molecule has 1 aromatic heterocycles. The normalized spacial score (nSPS) is 11.0. The van der Waals surface area contributed by atoms with E-state index in [-0.39, 0.29) is 11.1 Å². The Kier molecular flexibility index (Phi) is 4.92. The maximum atomic E-state index is 13.7. The molecule has 0 spiro atoms. The van der Waals surface area contributed by atoms with Gasteiger partial charge in [0, 0.05) is 17.8 Å². The highest BCUT2D eigenvalue weighted by atomic mass is 19.1. The molecule has 1 heterocycles. The van der Waals surface area contributed by atoms with E-state index >= 15 is 0 Å². The van der Waals surface area contributed by atoms with Crippen LogP contribution in [0.5, 0.6) is 0 Å². The van der Waals surface area contributed by atoms with Crippen molar-refractivity contribution in [2.45, 2.75) is 26.3 Å². The highest BCUT2D eigenvalue weighted by Gasteiger charge is 2.30. The lowest BCUT2D eigenvalue weighted by atomic mass is 10.1. The Balaban J connectivity index is 2.32. The van der Waals surface area contributed by atoms with Gasteiger partial charge in [0.2, 0.25) is 5.95 Å². The molecule has 0 saturated heterocycles. The van der Waals surface area contributed by atoms with Gasteiger partial charge in [-0.25, -0.2) is 14.4 Å². The molecular formula is C17H17F2N3O2. The number of carbonyl (C=O) groups excluding carboxylic acids is 2. The van der Waals surface area contributed by atoms with Crippen molar-refractivity contribution in [2.24, 2.45) is 0 Å². The number of nitrogens with one attached hydrogen (secondary N) is 1. The number of amides is 2. The fourth-order valence-electron chi connectivity index (χ4n) is 1.99. The summed E-state index contributed by atoms with van der Waals surface area (Å²) in [4.78, 5) is 28.3. The Bertz CT molecular complexity index is 772. The first-order valence-electron chi connectivity index (χ1n) is 7.22. The Labute approximate surface area is 138 Å². The molecule has 5 nitrogen and oxygen atoms in total. The molecule has 126 valence electrons. The molecule has 0 unspecified atom stereocenters. The maximum Gasteiger partial charge on any atom is 0.273 e. The molecule has 1 aromatic carbocycles. The minimum Gasteiger partial charge on any atom is -0.267 e. The maximum absolute atomic E-state index is 13.7. The second-order valence-electron chi connectivity index (χ2n) is 6.10. The predicted octanol–water partition coefficient (Wildman–Crippen LogP) is 2.95. The van der Waals surface area contributed by atoms with Gasteiger partial charge in [-0.2, -0.15) is 4.39 Å². The standard InChI is InChI=1S/C17H17F2N3O2/c1-17(2,3)22(16(24)11-8-9-20-14(19)10-11)21-15(23)12-6-4-5-7-13(12)18/h4-10H,1-3H3,(H,21,23). The van der Waals surface area contributed by atoms with Gasteiger partial charge >= 0.3 is 0 Å². The summed E-state index contributed by atoms with van der Waals surface area (Å²) in [6, 6.07) is 7.73. The van der Waals surface area contributed by atoms with Crippen LogP contribution >= 0.6 is 0 Å². The molecule has 7 heteroatoms. The molecule has 24 heavy (non-hydrogen) atoms. The summed E-state index contributed by atoms with van der Waals surface area (Å²) < 4.78 is 27.0. The van der Waals surface area contributed by atoms with Crippen molar-refractivity contribution < 1.29 is 18.4 Å². The van der Waals surface area contributed by atoms with Crippen molar-refractivity contribution in [1.29, 1.82) is 0 Å². The minimum absolute atomic E-state index is 0.0197. The molecule has 2 aromatic rings. The van der Waals surface area contributed by atoms with Gasteiger partial charge in [-0.1, -0.05) is 12.1 Å². The molecule has 0 radical (unpaired) electrons. The van der Waals surface area contributed by atoms with E-state index in [0.717, 1.165) is 23.3 Å². The summed E-state index contributed by atoms with van der Waals surface area (Å²) >= 11 is 0. The topological polar surface area (TPSA) is 62.3 Å². The molecule has 0 aliphatic carbocycles. The van der Waals surface area contributed by atoms with Gasteiger partial charge in [0.05, 0.1) is 11.1 Å². The Hall–Kier alpha value is -2.83. The van der Waals surface area contributed by atoms with Crippen molar-refractivity contribution in [3.05, 3.63) is 65.5 Å². The van der Waals surface area contributed by atoms with Gasteiger partial charge in [-0.3, -0.25) is 15.0 Å². The summed E-state index contributed by atoms with van der Waals surface area (Å²) in [6.07, 6.45) is 1.15. The molecule has 1 N–H and O–H groups in total. The van der Waals surface area contributed by atoms with E-state index in [2.05, 4.69) is 10.4 Å². The van der Waals surface area contributed by atoms with Crippen LogP contribution in [0, 0.1) is 11.8 Å². The van der Waals surface area contributed by atoms with Crippen molar-refractivity contribution in [1.82, 2.24) is 15.4 Å². The van der Waals surface area contributed by atoms with E-state index in [1.54, 1.807) is 20.8 Å². The number of aromatic nitrogens is 1. The number of pyridine rings is 1. The van der Waals surface area contributed by atoms with Gasteiger partial charge in [-0.15, -0.1) is 0 Å². The van der Waals surface area contributed by atoms with Gasteiger partial charge < -0.3 is 0 Å². The first-order valence-corrected chi connectivity index (χ1v) is 7.22. The second kappa shape index (κ2) is 6.74. The van der Waals surface area contributed by atoms with E-state index in [9.17, 15) is 18.4 Å². The highest BCUT2D eigenvalue weighted by Crippen LogP contribution is 2.16. The fraction of sp³-hybridized carbons (Fsp3) is 0.235. The number of hydrogen-bond acceptors (Lipinski definition) is 3. The number of hydrogen-bond donors (Lipinski definition) is 1. The van der Waals surface area contributed by atoms with Crippen molar-refractivity contribution >= 4 is 11.8 Å². The smallest absolute Gasteiger partial charge is 0.267 e. The fourth-order valence-corrected chi connectivity index (χ4v) is 1.99. The monoisotopic (exact) mass is 333 g/mol. The quantitative estimate of drug-likeness (QED) is 0.679. The summed E-state index contributed by atoms with van der Waals surface area (Å²) in [5.74, 6) is -2.92. The van der Waals surface area contributed by atoms with Crippen LogP contribution in [0.3, 0.4) is 0 Å². The molecule has 0 fully saturated rings. The van der Waals surface area contributed by atoms with Crippen molar-refractivity contribution in [2.75, 3.05) is 0 Å². The third-order valence-electron chi connectivity index (χ3n) is 3.18. The number of benzene rings is 1. The first-order chi connectivity index (χ1) is 11.2. The molecule has 2 rings (SSSR count). The molecule has 0 bridgehead atoms. The van der Waals surface area contributed by atoms with Crippen LogP contribution in [-0.4, -0.2) is 27.3 Å². The van der Waals surface area contributed by atoms with E-state index in [1.807, 2.05) is 0 Å². The zero-order valence-electron chi connectivity index (χ0n) is 13.5. The lowest BCUT2D eigenvalue weighted by Crippen LogP contribution is -2.56. The molecule has 2 amide bonds. The summed E-state index contributed by atoms with van der Waals surface area (Å²) in [5, 5.41) is 1.04. The third kappa shape index (κ3) is 3.92. The zero-order chi connectivity index (χ0) is 17.9. The number of rotatable bonds is 2. The van der Waals surface area contributed by atoms with Gasteiger partial charge in [0.1, 0.15) is 5.82 Å². The second-order valence-corrected chi connectivity index (χ2v) is 6.10. The van der Waals surface area contributed by atoms with Crippen molar-refractivity contribution in [3.8, 4) is 0 Å². The molecule has 0 atom stereocenters. The Morgan fingerprint density at radius 3 is 2.38 bits per heavy atom. The largest absolute Gasteiger partial charge is 0.273 e. The average Bonchev–Trinajstić information content (AvgIpc) is 2.51. The number of carbonyl (C=O) groups is 2. The van der Waals surface area contributed by atoms with E-state index in [0.29, 0.717) is 0 Å². The Morgan fingerprint density at radius 2 is 1.79 bits per heavy atom. The Morgan fingerprint density at radius 1 is 1.12 bits per heavy atom. The van der Waals surface area contributed by atoms with E-state index < -0.39 is 29.1 Å². The number of halogens is 2. The van der Waals surface area contributed by atoms with Gasteiger partial charge in [0.25, 0.3) is 11.8 Å². The molecular weight excluding hydrogens is 316 g/mol. The van der Waals surface area contributed by atoms with Crippen LogP contribution in [0.1, 0.15) is 41.5 Å². The van der Waals surface area contributed by atoms with Crippen LogP contribution in [0.4, 0.5) is 8.78 Å². The lowest BCUT2D eigenvalue weighted by Gasteiger charge is -2.35. The van der Waals surface area contributed by atoms with Crippen LogP contribution < -0.4 is 5.43 Å². The molecule has 0 aliphatic rings. The summed E-state index contributed by atoms with van der Waals surface area (Å²) in [6.45, 7) is 5.05. The average molecular weight is 333 g/mol. The number of nitrogens with zero attached hydrogens (tertiary/aromatic N) is 2. The third-order valence-corrected chi connectivity index (χ3v) is 3.18. The van der Waals surface area contributed by atoms with Crippen LogP contribution in [0.25, 0.3) is 0 Å². The number of hydrazine groups is 1. The minimum atomic E-state index is -0.822. The zero-order valence-corrected chi connectivity index (χ0v) is 13.5. The van der Waals surface area contributed by atoms with Crippen LogP contribution in [0.2, 0.25) is 0 Å². The summed E-state index contributed by atoms with van der Waals surface area (Å²) in [7, 11) is 0. The van der Waals surface area contributed by atoms with Gasteiger partial charge in [-0.05, 0) is 39.0 Å². The van der Waals surface area contributed by atoms with Gasteiger partial charge in [0.15, 0.2) is 0 Å². The molecule has 0 saturated carbocycles.